The number of ether oxygens (including phenoxy) is 2. The normalized spacial score (nSPS) is 11.0. The molecule has 130 valence electrons. The quantitative estimate of drug-likeness (QED) is 0.522. The third kappa shape index (κ3) is 3.06. The van der Waals surface area contributed by atoms with E-state index in [1.807, 2.05) is 55.8 Å². The summed E-state index contributed by atoms with van der Waals surface area (Å²) >= 11 is 0. The molecule has 0 N–H and O–H groups in total. The minimum absolute atomic E-state index is 0.594. The molecule has 0 atom stereocenters. The van der Waals surface area contributed by atoms with E-state index in [-0.39, 0.29) is 0 Å². The van der Waals surface area contributed by atoms with Gasteiger partial charge in [-0.25, -0.2) is 0 Å². The molecule has 4 aromatic rings. The molecule has 4 nitrogen and oxygen atoms in total. The third-order valence-corrected chi connectivity index (χ3v) is 4.47. The van der Waals surface area contributed by atoms with E-state index in [1.54, 1.807) is 7.11 Å². The summed E-state index contributed by atoms with van der Waals surface area (Å²) in [7, 11) is 1.65. The molecule has 0 saturated carbocycles. The van der Waals surface area contributed by atoms with Gasteiger partial charge in [-0.1, -0.05) is 18.2 Å². The zero-order valence-electron chi connectivity index (χ0n) is 14.9. The average molecular weight is 344 g/mol. The maximum Gasteiger partial charge on any atom is 0.161 e. The molecule has 0 radical (unpaired) electrons. The van der Waals surface area contributed by atoms with E-state index >= 15 is 0 Å². The van der Waals surface area contributed by atoms with E-state index in [0.29, 0.717) is 6.61 Å². The van der Waals surface area contributed by atoms with Crippen molar-refractivity contribution in [2.24, 2.45) is 0 Å². The molecule has 2 aromatic heterocycles. The molecule has 4 rings (SSSR count). The monoisotopic (exact) mass is 344 g/mol. The summed E-state index contributed by atoms with van der Waals surface area (Å²) in [6.07, 6.45) is 6.48. The Hall–Kier alpha value is -3.14. The van der Waals surface area contributed by atoms with Gasteiger partial charge in [0.25, 0.3) is 0 Å². The molecule has 0 aliphatic rings. The largest absolute Gasteiger partial charge is 0.493 e. The molecule has 0 aliphatic heterocycles. The molecule has 4 heteroatoms. The van der Waals surface area contributed by atoms with E-state index in [4.69, 9.17) is 9.47 Å². The summed E-state index contributed by atoms with van der Waals surface area (Å²) in [5.41, 5.74) is 3.31. The van der Waals surface area contributed by atoms with E-state index in [0.717, 1.165) is 50.7 Å². The lowest BCUT2D eigenvalue weighted by Gasteiger charge is -2.13. The van der Waals surface area contributed by atoms with Gasteiger partial charge >= 0.3 is 0 Å². The number of aromatic nitrogens is 2. The first-order valence-corrected chi connectivity index (χ1v) is 8.69. The number of para-hydroxylation sites is 1. The standard InChI is InChI=1S/C22H20N2O2/c1-3-26-22-11-19-17(13-23-14-18(19)10-21(22)25-2)9-15-8-16-6-4-5-7-20(16)24-12-15/h4-8,10-14H,3,9H2,1-2H3. The number of benzene rings is 2. The Kier molecular flexibility index (Phi) is 4.40. The van der Waals surface area contributed by atoms with Gasteiger partial charge in [0.2, 0.25) is 0 Å². The lowest BCUT2D eigenvalue weighted by molar-refractivity contribution is 0.311. The van der Waals surface area contributed by atoms with Crippen LogP contribution in [-0.4, -0.2) is 23.7 Å². The van der Waals surface area contributed by atoms with Crippen LogP contribution < -0.4 is 9.47 Å². The molecule has 0 saturated heterocycles. The van der Waals surface area contributed by atoms with Crippen LogP contribution in [0.4, 0.5) is 0 Å². The summed E-state index contributed by atoms with van der Waals surface area (Å²) in [6.45, 7) is 2.56. The summed E-state index contributed by atoms with van der Waals surface area (Å²) < 4.78 is 11.2. The fourth-order valence-electron chi connectivity index (χ4n) is 3.24. The first kappa shape index (κ1) is 16.3. The topological polar surface area (TPSA) is 44.2 Å². The van der Waals surface area contributed by atoms with Crippen molar-refractivity contribution >= 4 is 21.7 Å². The Morgan fingerprint density at radius 3 is 2.65 bits per heavy atom. The highest BCUT2D eigenvalue weighted by Crippen LogP contribution is 2.34. The second-order valence-electron chi connectivity index (χ2n) is 6.17. The molecule has 26 heavy (non-hydrogen) atoms. The molecular weight excluding hydrogens is 324 g/mol. The van der Waals surface area contributed by atoms with Crippen LogP contribution in [-0.2, 0) is 6.42 Å². The van der Waals surface area contributed by atoms with Gasteiger partial charge in [-0.3, -0.25) is 9.97 Å². The van der Waals surface area contributed by atoms with Crippen LogP contribution in [0.15, 0.2) is 61.1 Å². The summed E-state index contributed by atoms with van der Waals surface area (Å²) in [6, 6.07) is 14.4. The second kappa shape index (κ2) is 7.00. The lowest BCUT2D eigenvalue weighted by Crippen LogP contribution is -1.98. The Morgan fingerprint density at radius 1 is 0.923 bits per heavy atom. The zero-order chi connectivity index (χ0) is 17.9. The Balaban J connectivity index is 1.78. The third-order valence-electron chi connectivity index (χ3n) is 4.47. The molecule has 0 amide bonds. The van der Waals surface area contributed by atoms with E-state index < -0.39 is 0 Å². The SMILES string of the molecule is CCOc1cc2c(Cc3cnc4ccccc4c3)cncc2cc1OC. The van der Waals surface area contributed by atoms with Gasteiger partial charge in [0.1, 0.15) is 0 Å². The lowest BCUT2D eigenvalue weighted by atomic mass is 10.0. The minimum atomic E-state index is 0.594. The van der Waals surface area contributed by atoms with E-state index in [9.17, 15) is 0 Å². The molecule has 2 heterocycles. The van der Waals surface area contributed by atoms with Crippen molar-refractivity contribution in [3.8, 4) is 11.5 Å². The Bertz CT molecular complexity index is 1080. The zero-order valence-corrected chi connectivity index (χ0v) is 14.9. The predicted molar refractivity (Wildman–Crippen MR) is 104 cm³/mol. The van der Waals surface area contributed by atoms with Crippen LogP contribution in [0.5, 0.6) is 11.5 Å². The molecule has 0 bridgehead atoms. The first-order valence-electron chi connectivity index (χ1n) is 8.69. The minimum Gasteiger partial charge on any atom is -0.493 e. The number of nitrogens with zero attached hydrogens (tertiary/aromatic N) is 2. The molecular formula is C22H20N2O2. The number of hydrogen-bond donors (Lipinski definition) is 0. The van der Waals surface area contributed by atoms with Crippen molar-refractivity contribution in [1.82, 2.24) is 9.97 Å². The maximum absolute atomic E-state index is 5.74. The molecule has 0 spiro atoms. The van der Waals surface area contributed by atoms with Crippen LogP contribution in [0, 0.1) is 0 Å². The van der Waals surface area contributed by atoms with Crippen molar-refractivity contribution in [2.45, 2.75) is 13.3 Å². The molecule has 0 fully saturated rings. The molecule has 2 aromatic carbocycles. The van der Waals surface area contributed by atoms with Gasteiger partial charge in [-0.2, -0.15) is 0 Å². The number of methoxy groups -OCH3 is 1. The average Bonchev–Trinajstić information content (AvgIpc) is 2.68. The summed E-state index contributed by atoms with van der Waals surface area (Å²) in [5, 5.41) is 3.31. The highest BCUT2D eigenvalue weighted by atomic mass is 16.5. The summed E-state index contributed by atoms with van der Waals surface area (Å²) in [5.74, 6) is 1.48. The van der Waals surface area contributed by atoms with Crippen molar-refractivity contribution in [3.63, 3.8) is 0 Å². The van der Waals surface area contributed by atoms with Gasteiger partial charge in [0.15, 0.2) is 11.5 Å². The van der Waals surface area contributed by atoms with Crippen LogP contribution in [0.3, 0.4) is 0 Å². The highest BCUT2D eigenvalue weighted by Gasteiger charge is 2.11. The van der Waals surface area contributed by atoms with Crippen molar-refractivity contribution in [1.29, 1.82) is 0 Å². The van der Waals surface area contributed by atoms with Gasteiger partial charge in [0, 0.05) is 35.8 Å². The number of hydrogen-bond acceptors (Lipinski definition) is 4. The van der Waals surface area contributed by atoms with Crippen LogP contribution in [0.25, 0.3) is 21.7 Å². The highest BCUT2D eigenvalue weighted by molar-refractivity contribution is 5.88. The molecule has 0 unspecified atom stereocenters. The number of rotatable bonds is 5. The Labute approximate surface area is 152 Å². The van der Waals surface area contributed by atoms with Crippen molar-refractivity contribution in [3.05, 3.63) is 72.2 Å². The second-order valence-corrected chi connectivity index (χ2v) is 6.17. The maximum atomic E-state index is 5.74. The van der Waals surface area contributed by atoms with Gasteiger partial charge in [0.05, 0.1) is 19.2 Å². The number of fused-ring (bicyclic) bond motifs is 2. The van der Waals surface area contributed by atoms with E-state index in [1.165, 1.54) is 0 Å². The Morgan fingerprint density at radius 2 is 1.81 bits per heavy atom. The fourth-order valence-corrected chi connectivity index (χ4v) is 3.24. The molecule has 0 aliphatic carbocycles. The number of pyridine rings is 2. The summed E-state index contributed by atoms with van der Waals surface area (Å²) in [4.78, 5) is 8.97. The van der Waals surface area contributed by atoms with Crippen LogP contribution >= 0.6 is 0 Å². The predicted octanol–water partition coefficient (Wildman–Crippen LogP) is 4.78. The smallest absolute Gasteiger partial charge is 0.161 e. The fraction of sp³-hybridized carbons (Fsp3) is 0.182. The van der Waals surface area contributed by atoms with Crippen molar-refractivity contribution < 1.29 is 9.47 Å². The van der Waals surface area contributed by atoms with Gasteiger partial charge < -0.3 is 9.47 Å². The van der Waals surface area contributed by atoms with Crippen LogP contribution in [0.1, 0.15) is 18.1 Å². The van der Waals surface area contributed by atoms with Crippen LogP contribution in [0.2, 0.25) is 0 Å². The van der Waals surface area contributed by atoms with Gasteiger partial charge in [-0.15, -0.1) is 0 Å². The van der Waals surface area contributed by atoms with Crippen molar-refractivity contribution in [2.75, 3.05) is 13.7 Å². The van der Waals surface area contributed by atoms with E-state index in [2.05, 4.69) is 22.1 Å². The van der Waals surface area contributed by atoms with Gasteiger partial charge in [-0.05, 0) is 47.7 Å². The first-order chi connectivity index (χ1) is 12.8.